The van der Waals surface area contributed by atoms with Gasteiger partial charge in [-0.15, -0.1) is 0 Å². The van der Waals surface area contributed by atoms with E-state index in [0.717, 1.165) is 11.8 Å². The maximum Gasteiger partial charge on any atom is 0.352 e. The van der Waals surface area contributed by atoms with E-state index in [1.54, 1.807) is 0 Å². The lowest BCUT2D eigenvalue weighted by atomic mass is 9.11. The van der Waals surface area contributed by atoms with Gasteiger partial charge in [0, 0.05) is 0 Å². The molecule has 0 N–H and O–H groups in total. The third-order valence-corrected chi connectivity index (χ3v) is 7.90. The van der Waals surface area contributed by atoms with Crippen molar-refractivity contribution >= 4 is 0 Å². The van der Waals surface area contributed by atoms with Crippen molar-refractivity contribution in [3.05, 3.63) is 51.3 Å². The first-order chi connectivity index (χ1) is 10.7. The molecule has 8 rings (SSSR count). The summed E-state index contributed by atoms with van der Waals surface area (Å²) in [6, 6.07) is 9.89. The van der Waals surface area contributed by atoms with Crippen molar-refractivity contribution < 1.29 is 0 Å². The van der Waals surface area contributed by atoms with Gasteiger partial charge in [-0.1, -0.05) is 25.1 Å². The molecule has 2 bridgehead atoms. The van der Waals surface area contributed by atoms with Gasteiger partial charge >= 0.3 is 11.4 Å². The highest BCUT2D eigenvalue weighted by Gasteiger charge is 2.95. The van der Waals surface area contributed by atoms with Gasteiger partial charge in [0.2, 0.25) is 0 Å². The van der Waals surface area contributed by atoms with Crippen molar-refractivity contribution in [1.82, 2.24) is 13.9 Å². The molecular formula is C17H15N3O2. The molecule has 0 unspecified atom stereocenters. The van der Waals surface area contributed by atoms with Crippen molar-refractivity contribution in [2.45, 2.75) is 19.0 Å². The quantitative estimate of drug-likeness (QED) is 0.789. The maximum atomic E-state index is 13.0. The standard InChI is InChI=1S/C17H15N3O2/c1-17-11-9-8-10(11)14(17)20-16(22)18(7-5-3-2-4-6-7)15(21)19(20)13(8)12(9)17/h2-6,8-14H,1H3/t8-,9+,10+,11-,12+,13-,14-,17-/m1/s1. The second-order valence-corrected chi connectivity index (χ2v) is 8.01. The molecule has 1 aromatic heterocycles. The van der Waals surface area contributed by atoms with Crippen LogP contribution in [0.15, 0.2) is 39.9 Å². The van der Waals surface area contributed by atoms with Crippen LogP contribution in [0.1, 0.15) is 19.0 Å². The third kappa shape index (κ3) is 0.668. The monoisotopic (exact) mass is 293 g/mol. The first kappa shape index (κ1) is 10.6. The Morgan fingerprint density at radius 2 is 1.64 bits per heavy atom. The Bertz CT molecular complexity index is 999. The molecule has 110 valence electrons. The smallest absolute Gasteiger partial charge is 0.245 e. The van der Waals surface area contributed by atoms with Crippen molar-refractivity contribution in [1.29, 1.82) is 0 Å². The second-order valence-electron chi connectivity index (χ2n) is 8.01. The molecule has 4 saturated carbocycles. The van der Waals surface area contributed by atoms with Gasteiger partial charge in [0.15, 0.2) is 0 Å². The highest BCUT2D eigenvalue weighted by Crippen LogP contribution is 2.96. The summed E-state index contributed by atoms with van der Waals surface area (Å²) in [5.74, 6) is 3.73. The molecule has 0 saturated heterocycles. The van der Waals surface area contributed by atoms with Crippen LogP contribution < -0.4 is 11.4 Å². The summed E-state index contributed by atoms with van der Waals surface area (Å²) in [5, 5.41) is 0. The molecular weight excluding hydrogens is 278 g/mol. The van der Waals surface area contributed by atoms with E-state index in [1.165, 1.54) is 4.57 Å². The van der Waals surface area contributed by atoms with Crippen LogP contribution in [0.3, 0.4) is 0 Å². The largest absolute Gasteiger partial charge is 0.352 e. The molecule has 4 aliphatic carbocycles. The van der Waals surface area contributed by atoms with E-state index in [0.29, 0.717) is 34.9 Å². The molecule has 0 radical (unpaired) electrons. The molecule has 5 nitrogen and oxygen atoms in total. The first-order valence-electron chi connectivity index (χ1n) is 8.19. The normalized spacial score (nSPS) is 50.1. The summed E-state index contributed by atoms with van der Waals surface area (Å²) >= 11 is 0. The molecule has 0 spiro atoms. The Labute approximate surface area is 125 Å². The molecule has 8 atom stereocenters. The summed E-state index contributed by atoms with van der Waals surface area (Å²) in [6.07, 6.45) is 0. The first-order valence-corrected chi connectivity index (χ1v) is 8.19. The van der Waals surface area contributed by atoms with Crippen LogP contribution in [0.2, 0.25) is 0 Å². The van der Waals surface area contributed by atoms with Gasteiger partial charge in [-0.3, -0.25) is 0 Å². The zero-order valence-electron chi connectivity index (χ0n) is 12.1. The highest BCUT2D eigenvalue weighted by atomic mass is 16.2. The number of para-hydroxylation sites is 1. The Kier molecular flexibility index (Phi) is 1.29. The summed E-state index contributed by atoms with van der Waals surface area (Å²) in [6.45, 7) is 2.35. The van der Waals surface area contributed by atoms with E-state index in [2.05, 4.69) is 6.92 Å². The SMILES string of the molecule is C[C@]12[C@@H]3[C@@H]4[C@@H]5[C@@H]3[C@H]1n1c(=O)n(-c3ccccc3)c(=O)n1[C@H]5[C@H]42. The Morgan fingerprint density at radius 1 is 0.909 bits per heavy atom. The average Bonchev–Trinajstić information content (AvgIpc) is 2.72. The van der Waals surface area contributed by atoms with E-state index in [4.69, 9.17) is 0 Å². The van der Waals surface area contributed by atoms with Crippen LogP contribution in [0, 0.1) is 35.0 Å². The van der Waals surface area contributed by atoms with Crippen LogP contribution in [0.4, 0.5) is 0 Å². The zero-order valence-corrected chi connectivity index (χ0v) is 12.1. The minimum atomic E-state index is -0.141. The van der Waals surface area contributed by atoms with Gasteiger partial charge in [-0.25, -0.2) is 23.5 Å². The molecule has 22 heavy (non-hydrogen) atoms. The van der Waals surface area contributed by atoms with Crippen LogP contribution in [-0.4, -0.2) is 13.9 Å². The Hall–Kier alpha value is -2.04. The molecule has 5 heteroatoms. The molecule has 6 aliphatic rings. The van der Waals surface area contributed by atoms with Gasteiger partial charge in [0.1, 0.15) is 0 Å². The topological polar surface area (TPSA) is 48.9 Å². The van der Waals surface area contributed by atoms with Crippen molar-refractivity contribution in [2.24, 2.45) is 35.0 Å². The molecule has 0 amide bonds. The van der Waals surface area contributed by atoms with E-state index in [9.17, 15) is 9.59 Å². The van der Waals surface area contributed by atoms with Gasteiger partial charge in [-0.05, 0) is 47.1 Å². The highest BCUT2D eigenvalue weighted by molar-refractivity contribution is 5.42. The molecule has 4 fully saturated rings. The predicted octanol–water partition coefficient (Wildman–Crippen LogP) is 1.04. The van der Waals surface area contributed by atoms with Crippen molar-refractivity contribution in [3.63, 3.8) is 0 Å². The minimum Gasteiger partial charge on any atom is -0.245 e. The summed E-state index contributed by atoms with van der Waals surface area (Å²) in [4.78, 5) is 25.9. The number of hydrogen-bond donors (Lipinski definition) is 0. The molecule has 1 aromatic carbocycles. The average molecular weight is 293 g/mol. The predicted molar refractivity (Wildman–Crippen MR) is 77.9 cm³/mol. The fourth-order valence-corrected chi connectivity index (χ4v) is 7.43. The van der Waals surface area contributed by atoms with Crippen LogP contribution in [0.5, 0.6) is 0 Å². The lowest BCUT2D eigenvalue weighted by Crippen LogP contribution is -2.95. The van der Waals surface area contributed by atoms with E-state index in [-0.39, 0.29) is 17.4 Å². The molecule has 2 aliphatic heterocycles. The van der Waals surface area contributed by atoms with Gasteiger partial charge in [0.25, 0.3) is 0 Å². The summed E-state index contributed by atoms with van der Waals surface area (Å²) < 4.78 is 5.01. The fourth-order valence-electron chi connectivity index (χ4n) is 7.43. The van der Waals surface area contributed by atoms with Crippen LogP contribution >= 0.6 is 0 Å². The van der Waals surface area contributed by atoms with Crippen molar-refractivity contribution in [2.75, 3.05) is 0 Å². The number of nitrogens with zero attached hydrogens (tertiary/aromatic N) is 3. The second kappa shape index (κ2) is 2.66. The number of benzene rings is 1. The van der Waals surface area contributed by atoms with E-state index in [1.807, 2.05) is 39.7 Å². The van der Waals surface area contributed by atoms with Gasteiger partial charge in [0.05, 0.1) is 17.8 Å². The fraction of sp³-hybridized carbons (Fsp3) is 0.529. The summed E-state index contributed by atoms with van der Waals surface area (Å²) in [5.41, 5.74) is 0.707. The zero-order chi connectivity index (χ0) is 14.5. The molecule has 2 aromatic rings. The number of aromatic nitrogens is 3. The Morgan fingerprint density at radius 3 is 2.36 bits per heavy atom. The van der Waals surface area contributed by atoms with Gasteiger partial charge < -0.3 is 0 Å². The minimum absolute atomic E-state index is 0.138. The Balaban J connectivity index is 1.57. The lowest BCUT2D eigenvalue weighted by molar-refractivity contribution is -0.496. The lowest BCUT2D eigenvalue weighted by Gasteiger charge is -2.96. The number of rotatable bonds is 1. The van der Waals surface area contributed by atoms with Gasteiger partial charge in [-0.2, -0.15) is 0 Å². The third-order valence-electron chi connectivity index (χ3n) is 7.90. The van der Waals surface area contributed by atoms with Crippen LogP contribution in [-0.2, 0) is 0 Å². The van der Waals surface area contributed by atoms with Crippen LogP contribution in [0.25, 0.3) is 5.69 Å². The molecule has 3 heterocycles. The maximum absolute atomic E-state index is 13.0. The number of hydrogen-bond acceptors (Lipinski definition) is 2. The van der Waals surface area contributed by atoms with E-state index < -0.39 is 0 Å². The van der Waals surface area contributed by atoms with E-state index >= 15 is 0 Å². The summed E-state index contributed by atoms with van der Waals surface area (Å²) in [7, 11) is 0. The van der Waals surface area contributed by atoms with Crippen molar-refractivity contribution in [3.8, 4) is 5.69 Å².